The number of pyridine rings is 1. The Morgan fingerprint density at radius 1 is 1.47 bits per heavy atom. The molecule has 80 valence electrons. The van der Waals surface area contributed by atoms with E-state index in [9.17, 15) is 4.79 Å². The third-order valence-corrected chi connectivity index (χ3v) is 2.85. The van der Waals surface area contributed by atoms with Crippen molar-refractivity contribution in [3.8, 4) is 0 Å². The van der Waals surface area contributed by atoms with E-state index >= 15 is 0 Å². The minimum absolute atomic E-state index is 0.479. The average Bonchev–Trinajstić information content (AvgIpc) is 3.01. The summed E-state index contributed by atoms with van der Waals surface area (Å²) >= 11 is 0. The molecule has 0 unspecified atom stereocenters. The average molecular weight is 206 g/mol. The van der Waals surface area contributed by atoms with Gasteiger partial charge in [-0.2, -0.15) is 0 Å². The van der Waals surface area contributed by atoms with Gasteiger partial charge in [0.25, 0.3) is 0 Å². The van der Waals surface area contributed by atoms with Gasteiger partial charge in [-0.05, 0) is 30.5 Å². The van der Waals surface area contributed by atoms with Gasteiger partial charge in [0, 0.05) is 25.5 Å². The smallest absolute Gasteiger partial charge is 0.310 e. The van der Waals surface area contributed by atoms with E-state index in [2.05, 4.69) is 10.3 Å². The van der Waals surface area contributed by atoms with Crippen LogP contribution in [-0.4, -0.2) is 22.6 Å². The quantitative estimate of drug-likeness (QED) is 0.755. The lowest BCUT2D eigenvalue weighted by molar-refractivity contribution is -0.143. The number of carboxylic acid groups (broad SMARTS) is 1. The van der Waals surface area contributed by atoms with Crippen molar-refractivity contribution < 1.29 is 9.90 Å². The molecule has 0 spiro atoms. The summed E-state index contributed by atoms with van der Waals surface area (Å²) in [6.45, 7) is 1.27. The zero-order valence-electron chi connectivity index (χ0n) is 8.44. The summed E-state index contributed by atoms with van der Waals surface area (Å²) in [6.07, 6.45) is 5.07. The second-order valence-electron chi connectivity index (χ2n) is 4.04. The normalized spacial score (nSPS) is 17.3. The molecule has 0 radical (unpaired) electrons. The number of aliphatic carboxylic acids is 1. The number of hydrogen-bond donors (Lipinski definition) is 2. The van der Waals surface area contributed by atoms with E-state index in [1.165, 1.54) is 0 Å². The molecule has 2 rings (SSSR count). The molecule has 0 aromatic carbocycles. The van der Waals surface area contributed by atoms with Crippen LogP contribution in [0.4, 0.5) is 0 Å². The molecule has 1 aromatic heterocycles. The molecule has 1 aliphatic carbocycles. The van der Waals surface area contributed by atoms with E-state index in [0.29, 0.717) is 13.1 Å². The van der Waals surface area contributed by atoms with Crippen LogP contribution in [0.5, 0.6) is 0 Å². The van der Waals surface area contributed by atoms with Crippen LogP contribution in [0.1, 0.15) is 18.4 Å². The van der Waals surface area contributed by atoms with Crippen molar-refractivity contribution in [2.75, 3.05) is 6.54 Å². The zero-order valence-corrected chi connectivity index (χ0v) is 8.44. The van der Waals surface area contributed by atoms with Crippen LogP contribution in [0.25, 0.3) is 0 Å². The largest absolute Gasteiger partial charge is 0.481 e. The maximum Gasteiger partial charge on any atom is 0.310 e. The summed E-state index contributed by atoms with van der Waals surface area (Å²) in [7, 11) is 0. The summed E-state index contributed by atoms with van der Waals surface area (Å²) in [4.78, 5) is 14.8. The Morgan fingerprint density at radius 3 is 2.67 bits per heavy atom. The molecule has 1 aliphatic rings. The molecule has 1 heterocycles. The molecule has 2 N–H and O–H groups in total. The van der Waals surface area contributed by atoms with E-state index in [0.717, 1.165) is 18.4 Å². The summed E-state index contributed by atoms with van der Waals surface area (Å²) in [5.74, 6) is -0.676. The summed E-state index contributed by atoms with van der Waals surface area (Å²) in [5.41, 5.74) is 0.652. The molecule has 1 fully saturated rings. The number of carboxylic acids is 1. The van der Waals surface area contributed by atoms with Crippen LogP contribution in [0.15, 0.2) is 24.5 Å². The van der Waals surface area contributed by atoms with Gasteiger partial charge in [-0.15, -0.1) is 0 Å². The van der Waals surface area contributed by atoms with Crippen LogP contribution in [-0.2, 0) is 11.3 Å². The highest BCUT2D eigenvalue weighted by atomic mass is 16.4. The van der Waals surface area contributed by atoms with E-state index in [1.54, 1.807) is 12.4 Å². The fourth-order valence-electron chi connectivity index (χ4n) is 1.56. The van der Waals surface area contributed by atoms with E-state index in [1.807, 2.05) is 12.1 Å². The summed E-state index contributed by atoms with van der Waals surface area (Å²) in [6, 6.07) is 3.85. The lowest BCUT2D eigenvalue weighted by Gasteiger charge is -2.10. The predicted molar refractivity (Wildman–Crippen MR) is 55.2 cm³/mol. The van der Waals surface area contributed by atoms with Gasteiger partial charge in [-0.3, -0.25) is 9.78 Å². The molecule has 0 amide bonds. The predicted octanol–water partition coefficient (Wildman–Crippen LogP) is 1.04. The standard InChI is InChI=1S/C11H14N2O2/c14-10(15)11(3-4-11)8-13-7-9-1-5-12-6-2-9/h1-2,5-6,13H,3-4,7-8H2,(H,14,15). The van der Waals surface area contributed by atoms with Crippen molar-refractivity contribution in [3.05, 3.63) is 30.1 Å². The molecular weight excluding hydrogens is 192 g/mol. The Kier molecular flexibility index (Phi) is 2.68. The van der Waals surface area contributed by atoms with Gasteiger partial charge in [-0.1, -0.05) is 0 Å². The number of rotatable bonds is 5. The molecule has 4 heteroatoms. The van der Waals surface area contributed by atoms with Crippen molar-refractivity contribution in [1.82, 2.24) is 10.3 Å². The lowest BCUT2D eigenvalue weighted by Crippen LogP contribution is -2.29. The topological polar surface area (TPSA) is 62.2 Å². The van der Waals surface area contributed by atoms with Gasteiger partial charge in [0.05, 0.1) is 5.41 Å². The highest BCUT2D eigenvalue weighted by Gasteiger charge is 2.49. The molecule has 15 heavy (non-hydrogen) atoms. The van der Waals surface area contributed by atoms with E-state index in [4.69, 9.17) is 5.11 Å². The molecular formula is C11H14N2O2. The number of nitrogens with zero attached hydrogens (tertiary/aromatic N) is 1. The van der Waals surface area contributed by atoms with Gasteiger partial charge < -0.3 is 10.4 Å². The highest BCUT2D eigenvalue weighted by molar-refractivity contribution is 5.78. The zero-order chi connectivity index (χ0) is 10.7. The Morgan fingerprint density at radius 2 is 2.13 bits per heavy atom. The molecule has 0 atom stereocenters. The fourth-order valence-corrected chi connectivity index (χ4v) is 1.56. The fraction of sp³-hybridized carbons (Fsp3) is 0.455. The summed E-state index contributed by atoms with van der Waals surface area (Å²) in [5, 5.41) is 12.1. The number of nitrogens with one attached hydrogen (secondary N) is 1. The Labute approximate surface area is 88.3 Å². The van der Waals surface area contributed by atoms with Gasteiger partial charge in [0.2, 0.25) is 0 Å². The molecule has 0 aliphatic heterocycles. The first-order valence-corrected chi connectivity index (χ1v) is 5.06. The monoisotopic (exact) mass is 206 g/mol. The van der Waals surface area contributed by atoms with Crippen molar-refractivity contribution in [2.24, 2.45) is 5.41 Å². The van der Waals surface area contributed by atoms with Gasteiger partial charge >= 0.3 is 5.97 Å². The SMILES string of the molecule is O=C(O)C1(CNCc2ccncc2)CC1. The number of aromatic nitrogens is 1. The van der Waals surface area contributed by atoms with Crippen LogP contribution in [0.3, 0.4) is 0 Å². The first-order valence-electron chi connectivity index (χ1n) is 5.06. The first kappa shape index (κ1) is 10.1. The maximum absolute atomic E-state index is 10.9. The van der Waals surface area contributed by atoms with Gasteiger partial charge in [0.15, 0.2) is 0 Å². The van der Waals surface area contributed by atoms with Gasteiger partial charge in [-0.25, -0.2) is 0 Å². The van der Waals surface area contributed by atoms with Crippen LogP contribution >= 0.6 is 0 Å². The maximum atomic E-state index is 10.9. The molecule has 1 aromatic rings. The van der Waals surface area contributed by atoms with Crippen molar-refractivity contribution in [2.45, 2.75) is 19.4 Å². The minimum Gasteiger partial charge on any atom is -0.481 e. The first-order chi connectivity index (χ1) is 7.23. The lowest BCUT2D eigenvalue weighted by atomic mass is 10.1. The number of carbonyl (C=O) groups is 1. The second kappa shape index (κ2) is 3.98. The highest BCUT2D eigenvalue weighted by Crippen LogP contribution is 2.45. The Hall–Kier alpha value is -1.42. The summed E-state index contributed by atoms with van der Waals surface area (Å²) < 4.78 is 0. The number of hydrogen-bond acceptors (Lipinski definition) is 3. The second-order valence-corrected chi connectivity index (χ2v) is 4.04. The Balaban J connectivity index is 1.79. The molecule has 1 saturated carbocycles. The van der Waals surface area contributed by atoms with E-state index in [-0.39, 0.29) is 0 Å². The molecule has 0 bridgehead atoms. The minimum atomic E-state index is -0.676. The van der Waals surface area contributed by atoms with Crippen molar-refractivity contribution in [1.29, 1.82) is 0 Å². The molecule has 0 saturated heterocycles. The Bertz CT molecular complexity index is 347. The van der Waals surface area contributed by atoms with Crippen LogP contribution < -0.4 is 5.32 Å². The van der Waals surface area contributed by atoms with E-state index < -0.39 is 11.4 Å². The van der Waals surface area contributed by atoms with Crippen molar-refractivity contribution >= 4 is 5.97 Å². The van der Waals surface area contributed by atoms with Crippen LogP contribution in [0.2, 0.25) is 0 Å². The van der Waals surface area contributed by atoms with Crippen molar-refractivity contribution in [3.63, 3.8) is 0 Å². The molecule has 4 nitrogen and oxygen atoms in total. The third-order valence-electron chi connectivity index (χ3n) is 2.85. The van der Waals surface area contributed by atoms with Crippen LogP contribution in [0, 0.1) is 5.41 Å². The third kappa shape index (κ3) is 2.33. The van der Waals surface area contributed by atoms with Gasteiger partial charge in [0.1, 0.15) is 0 Å².